The van der Waals surface area contributed by atoms with Crippen LogP contribution in [-0.2, 0) is 18.4 Å². The number of imidazole rings is 1. The monoisotopic (exact) mass is 248 g/mol. The van der Waals surface area contributed by atoms with Gasteiger partial charge in [0.1, 0.15) is 6.10 Å². The Labute approximate surface area is 104 Å². The van der Waals surface area contributed by atoms with Crippen molar-refractivity contribution in [2.24, 2.45) is 12.8 Å². The molecule has 1 aromatic carbocycles. The molecule has 1 atom stereocenters. The van der Waals surface area contributed by atoms with Gasteiger partial charge < -0.3 is 20.7 Å². The zero-order chi connectivity index (χ0) is 13.1. The molecule has 2 aromatic rings. The standard InChI is InChI=1S/C12H16N4O2/c1-16-7-15-9-4-8(2-3-10(9)16)6-14-12(18)11(17)5-13/h2-4,7,11,17H,5-6,13H2,1H3,(H,14,18). The minimum absolute atomic E-state index is 0.0783. The van der Waals surface area contributed by atoms with Crippen molar-refractivity contribution in [3.8, 4) is 0 Å². The predicted octanol–water partition coefficient (Wildman–Crippen LogP) is -0.491. The zero-order valence-corrected chi connectivity index (χ0v) is 10.1. The van der Waals surface area contributed by atoms with Crippen LogP contribution in [0.4, 0.5) is 0 Å². The Morgan fingerprint density at radius 2 is 2.39 bits per heavy atom. The van der Waals surface area contributed by atoms with Crippen molar-refractivity contribution in [1.82, 2.24) is 14.9 Å². The average Bonchev–Trinajstić information content (AvgIpc) is 2.76. The molecule has 4 N–H and O–H groups in total. The first kappa shape index (κ1) is 12.5. The lowest BCUT2D eigenvalue weighted by Crippen LogP contribution is -2.38. The van der Waals surface area contributed by atoms with Crippen molar-refractivity contribution in [1.29, 1.82) is 0 Å². The molecule has 96 valence electrons. The van der Waals surface area contributed by atoms with Gasteiger partial charge in [-0.3, -0.25) is 4.79 Å². The smallest absolute Gasteiger partial charge is 0.250 e. The van der Waals surface area contributed by atoms with Crippen molar-refractivity contribution in [2.45, 2.75) is 12.6 Å². The Kier molecular flexibility index (Phi) is 3.59. The lowest BCUT2D eigenvalue weighted by atomic mass is 10.2. The van der Waals surface area contributed by atoms with Gasteiger partial charge in [-0.05, 0) is 17.7 Å². The maximum atomic E-state index is 11.4. The number of hydrogen-bond acceptors (Lipinski definition) is 4. The van der Waals surface area contributed by atoms with Crippen LogP contribution in [0.3, 0.4) is 0 Å². The minimum Gasteiger partial charge on any atom is -0.382 e. The van der Waals surface area contributed by atoms with Gasteiger partial charge in [0, 0.05) is 20.1 Å². The third-order valence-electron chi connectivity index (χ3n) is 2.78. The highest BCUT2D eigenvalue weighted by Crippen LogP contribution is 2.13. The molecule has 0 saturated carbocycles. The summed E-state index contributed by atoms with van der Waals surface area (Å²) in [4.78, 5) is 15.6. The van der Waals surface area contributed by atoms with E-state index in [4.69, 9.17) is 5.73 Å². The van der Waals surface area contributed by atoms with E-state index < -0.39 is 12.0 Å². The fourth-order valence-electron chi connectivity index (χ4n) is 1.71. The highest BCUT2D eigenvalue weighted by molar-refractivity contribution is 5.81. The number of fused-ring (bicyclic) bond motifs is 1. The molecule has 1 unspecified atom stereocenters. The van der Waals surface area contributed by atoms with E-state index in [0.29, 0.717) is 6.54 Å². The molecule has 1 amide bonds. The molecule has 0 bridgehead atoms. The summed E-state index contributed by atoms with van der Waals surface area (Å²) in [6, 6.07) is 5.77. The van der Waals surface area contributed by atoms with Gasteiger partial charge in [-0.25, -0.2) is 4.98 Å². The van der Waals surface area contributed by atoms with Crippen LogP contribution >= 0.6 is 0 Å². The van der Waals surface area contributed by atoms with Crippen molar-refractivity contribution in [2.75, 3.05) is 6.54 Å². The number of aliphatic hydroxyl groups excluding tert-OH is 1. The second kappa shape index (κ2) is 5.16. The molecule has 1 aromatic heterocycles. The Morgan fingerprint density at radius 3 is 3.11 bits per heavy atom. The Bertz CT molecular complexity index is 564. The van der Waals surface area contributed by atoms with Crippen molar-refractivity contribution < 1.29 is 9.90 Å². The van der Waals surface area contributed by atoms with E-state index in [9.17, 15) is 9.90 Å². The van der Waals surface area contributed by atoms with Crippen LogP contribution in [0.5, 0.6) is 0 Å². The first-order valence-corrected chi connectivity index (χ1v) is 5.67. The number of rotatable bonds is 4. The number of nitrogens with one attached hydrogen (secondary N) is 1. The summed E-state index contributed by atoms with van der Waals surface area (Å²) in [6.45, 7) is 0.271. The van der Waals surface area contributed by atoms with Gasteiger partial charge >= 0.3 is 0 Å². The van der Waals surface area contributed by atoms with Gasteiger partial charge in [-0.1, -0.05) is 6.07 Å². The normalized spacial score (nSPS) is 12.6. The first-order valence-electron chi connectivity index (χ1n) is 5.67. The largest absolute Gasteiger partial charge is 0.382 e. The van der Waals surface area contributed by atoms with Gasteiger partial charge in [0.15, 0.2) is 0 Å². The van der Waals surface area contributed by atoms with E-state index in [2.05, 4.69) is 10.3 Å². The van der Waals surface area contributed by atoms with Crippen LogP contribution in [0.2, 0.25) is 0 Å². The zero-order valence-electron chi connectivity index (χ0n) is 10.1. The Balaban J connectivity index is 2.06. The van der Waals surface area contributed by atoms with E-state index in [-0.39, 0.29) is 6.54 Å². The quantitative estimate of drug-likeness (QED) is 0.680. The molecule has 0 aliphatic heterocycles. The number of hydrogen-bond donors (Lipinski definition) is 3. The number of nitrogens with two attached hydrogens (primary N) is 1. The first-order chi connectivity index (χ1) is 8.61. The van der Waals surface area contributed by atoms with Crippen molar-refractivity contribution in [3.05, 3.63) is 30.1 Å². The fourth-order valence-corrected chi connectivity index (χ4v) is 1.71. The lowest BCUT2D eigenvalue weighted by molar-refractivity contribution is -0.128. The van der Waals surface area contributed by atoms with Gasteiger partial charge in [0.05, 0.1) is 17.4 Å². The van der Waals surface area contributed by atoms with E-state index in [0.717, 1.165) is 16.6 Å². The molecule has 1 heterocycles. The molecule has 6 heteroatoms. The second-order valence-electron chi connectivity index (χ2n) is 4.15. The Hall–Kier alpha value is -1.92. The number of aromatic nitrogens is 2. The highest BCUT2D eigenvalue weighted by Gasteiger charge is 2.11. The molecule has 0 fully saturated rings. The van der Waals surface area contributed by atoms with E-state index in [1.165, 1.54) is 0 Å². The number of carbonyl (C=O) groups is 1. The van der Waals surface area contributed by atoms with E-state index in [1.807, 2.05) is 29.8 Å². The maximum absolute atomic E-state index is 11.4. The predicted molar refractivity (Wildman–Crippen MR) is 67.6 cm³/mol. The van der Waals surface area contributed by atoms with Crippen LogP contribution in [0, 0.1) is 0 Å². The molecule has 0 radical (unpaired) electrons. The van der Waals surface area contributed by atoms with Crippen LogP contribution < -0.4 is 11.1 Å². The Morgan fingerprint density at radius 1 is 1.61 bits per heavy atom. The molecular weight excluding hydrogens is 232 g/mol. The fraction of sp³-hybridized carbons (Fsp3) is 0.333. The summed E-state index contributed by atoms with van der Waals surface area (Å²) in [5.41, 5.74) is 8.04. The molecule has 6 nitrogen and oxygen atoms in total. The maximum Gasteiger partial charge on any atom is 0.250 e. The molecule has 0 spiro atoms. The average molecular weight is 248 g/mol. The third kappa shape index (κ3) is 2.49. The van der Waals surface area contributed by atoms with Crippen molar-refractivity contribution >= 4 is 16.9 Å². The van der Waals surface area contributed by atoms with Gasteiger partial charge in [0.25, 0.3) is 0 Å². The molecule has 2 rings (SSSR count). The highest BCUT2D eigenvalue weighted by atomic mass is 16.3. The number of amides is 1. The molecule has 0 aliphatic rings. The second-order valence-corrected chi connectivity index (χ2v) is 4.15. The molecule has 0 saturated heterocycles. The topological polar surface area (TPSA) is 93.2 Å². The van der Waals surface area contributed by atoms with E-state index >= 15 is 0 Å². The number of aliphatic hydroxyl groups is 1. The molecular formula is C12H16N4O2. The van der Waals surface area contributed by atoms with Gasteiger partial charge in [0.2, 0.25) is 5.91 Å². The van der Waals surface area contributed by atoms with Crippen LogP contribution in [0.25, 0.3) is 11.0 Å². The summed E-state index contributed by atoms with van der Waals surface area (Å²) in [5, 5.41) is 11.8. The molecule has 18 heavy (non-hydrogen) atoms. The summed E-state index contributed by atoms with van der Waals surface area (Å²) >= 11 is 0. The van der Waals surface area contributed by atoms with Crippen molar-refractivity contribution in [3.63, 3.8) is 0 Å². The van der Waals surface area contributed by atoms with Crippen LogP contribution in [0.1, 0.15) is 5.56 Å². The number of aryl methyl sites for hydroxylation is 1. The van der Waals surface area contributed by atoms with Gasteiger partial charge in [-0.2, -0.15) is 0 Å². The molecule has 0 aliphatic carbocycles. The van der Waals surface area contributed by atoms with Gasteiger partial charge in [-0.15, -0.1) is 0 Å². The third-order valence-corrected chi connectivity index (χ3v) is 2.78. The number of nitrogens with zero attached hydrogens (tertiary/aromatic N) is 2. The van der Waals surface area contributed by atoms with Crippen LogP contribution in [0.15, 0.2) is 24.5 Å². The summed E-state index contributed by atoms with van der Waals surface area (Å²) in [7, 11) is 1.92. The number of carbonyl (C=O) groups excluding carboxylic acids is 1. The van der Waals surface area contributed by atoms with E-state index in [1.54, 1.807) is 6.33 Å². The van der Waals surface area contributed by atoms with Crippen LogP contribution in [-0.4, -0.2) is 33.2 Å². The number of benzene rings is 1. The summed E-state index contributed by atoms with van der Waals surface area (Å²) < 4.78 is 1.93. The SMILES string of the molecule is Cn1cnc2cc(CNC(=O)C(O)CN)ccc21. The minimum atomic E-state index is -1.15. The summed E-state index contributed by atoms with van der Waals surface area (Å²) in [6.07, 6.45) is 0.592. The summed E-state index contributed by atoms with van der Waals surface area (Å²) in [5.74, 6) is -0.460. The lowest BCUT2D eigenvalue weighted by Gasteiger charge is -2.09.